The molecule has 1 rings (SSSR count). The Labute approximate surface area is 80.6 Å². The average molecular weight is 175 g/mol. The van der Waals surface area contributed by atoms with E-state index < -0.39 is 0 Å². The van der Waals surface area contributed by atoms with Crippen molar-refractivity contribution in [3.8, 4) is 0 Å². The molecule has 70 valence electrons. The van der Waals surface area contributed by atoms with Gasteiger partial charge in [-0.25, -0.2) is 0 Å². The van der Waals surface area contributed by atoms with Crippen molar-refractivity contribution >= 4 is 5.71 Å². The van der Waals surface area contributed by atoms with Crippen LogP contribution in [0, 0.1) is 5.92 Å². The van der Waals surface area contributed by atoms with Crippen LogP contribution in [0.4, 0.5) is 0 Å². The van der Waals surface area contributed by atoms with Gasteiger partial charge in [-0.1, -0.05) is 32.1 Å². The zero-order valence-corrected chi connectivity index (χ0v) is 8.83. The van der Waals surface area contributed by atoms with Crippen molar-refractivity contribution in [3.63, 3.8) is 0 Å². The van der Waals surface area contributed by atoms with E-state index in [1.807, 2.05) is 7.05 Å². The molecular weight excluding hydrogens is 158 g/mol. The molecule has 0 saturated heterocycles. The molecule has 1 nitrogen and oxygen atoms in total. The number of allylic oxidation sites excluding steroid dienone is 6. The summed E-state index contributed by atoms with van der Waals surface area (Å²) in [5.74, 6) is 0.572. The predicted octanol–water partition coefficient (Wildman–Crippen LogP) is 3.16. The number of nitrogens with zero attached hydrogens (tertiary/aromatic N) is 1. The Bertz CT molecular complexity index is 301. The van der Waals surface area contributed by atoms with Gasteiger partial charge in [-0.3, -0.25) is 4.99 Å². The second kappa shape index (κ2) is 4.22. The molecule has 0 radical (unpaired) electrons. The number of hydrogen-bond acceptors (Lipinski definition) is 1. The van der Waals surface area contributed by atoms with Crippen LogP contribution in [0.3, 0.4) is 0 Å². The number of aliphatic imine (C=N–C) groups is 1. The lowest BCUT2D eigenvalue weighted by molar-refractivity contribution is 0.829. The van der Waals surface area contributed by atoms with Crippen molar-refractivity contribution in [2.24, 2.45) is 10.9 Å². The first kappa shape index (κ1) is 9.97. The molecular formula is C12H17N. The molecule has 0 atom stereocenters. The Morgan fingerprint density at radius 1 is 1.31 bits per heavy atom. The molecule has 0 spiro atoms. The summed E-state index contributed by atoms with van der Waals surface area (Å²) in [5.41, 5.74) is 3.60. The van der Waals surface area contributed by atoms with Crippen LogP contribution in [0.1, 0.15) is 20.8 Å². The highest BCUT2D eigenvalue weighted by molar-refractivity contribution is 6.12. The first-order valence-electron chi connectivity index (χ1n) is 4.69. The molecule has 1 aliphatic carbocycles. The first-order valence-corrected chi connectivity index (χ1v) is 4.69. The monoisotopic (exact) mass is 175 g/mol. The van der Waals surface area contributed by atoms with Crippen molar-refractivity contribution in [3.05, 3.63) is 35.5 Å². The van der Waals surface area contributed by atoms with Crippen molar-refractivity contribution in [1.82, 2.24) is 0 Å². The third kappa shape index (κ3) is 2.69. The van der Waals surface area contributed by atoms with Crippen molar-refractivity contribution in [1.29, 1.82) is 0 Å². The topological polar surface area (TPSA) is 12.4 Å². The molecule has 0 fully saturated rings. The lowest BCUT2D eigenvalue weighted by Gasteiger charge is -2.09. The van der Waals surface area contributed by atoms with E-state index in [0.717, 1.165) is 5.71 Å². The molecule has 0 aromatic heterocycles. The Morgan fingerprint density at radius 3 is 2.54 bits per heavy atom. The van der Waals surface area contributed by atoms with Crippen LogP contribution in [-0.4, -0.2) is 12.8 Å². The summed E-state index contributed by atoms with van der Waals surface area (Å²) < 4.78 is 0. The standard InChI is InChI=1S/C12H17N/c1-9(2)7-11-6-5-10(3)8-12(11)13-4/h5-9H,1-4H3/b11-7-,13-12?. The molecule has 0 heterocycles. The molecule has 0 unspecified atom stereocenters. The van der Waals surface area contributed by atoms with Gasteiger partial charge in [0, 0.05) is 7.05 Å². The van der Waals surface area contributed by atoms with E-state index in [1.165, 1.54) is 11.1 Å². The summed E-state index contributed by atoms with van der Waals surface area (Å²) >= 11 is 0. The normalized spacial score (nSPS) is 23.0. The fraction of sp³-hybridized carbons (Fsp3) is 0.417. The van der Waals surface area contributed by atoms with E-state index in [1.54, 1.807) is 0 Å². The van der Waals surface area contributed by atoms with Crippen LogP contribution in [0.5, 0.6) is 0 Å². The molecule has 0 aromatic rings. The lowest BCUT2D eigenvalue weighted by Crippen LogP contribution is -2.03. The number of hydrogen-bond donors (Lipinski definition) is 0. The highest BCUT2D eigenvalue weighted by atomic mass is 14.7. The van der Waals surface area contributed by atoms with Crippen molar-refractivity contribution in [2.45, 2.75) is 20.8 Å². The molecule has 0 amide bonds. The van der Waals surface area contributed by atoms with Crippen LogP contribution in [0.2, 0.25) is 0 Å². The van der Waals surface area contributed by atoms with Gasteiger partial charge in [0.05, 0.1) is 5.71 Å². The smallest absolute Gasteiger partial charge is 0.0642 e. The average Bonchev–Trinajstić information content (AvgIpc) is 2.07. The Balaban J connectivity index is 2.98. The molecule has 0 saturated carbocycles. The van der Waals surface area contributed by atoms with Gasteiger partial charge in [-0.2, -0.15) is 0 Å². The Hall–Kier alpha value is -1.11. The molecule has 0 N–H and O–H groups in total. The molecule has 1 heteroatoms. The summed E-state index contributed by atoms with van der Waals surface area (Å²) in [4.78, 5) is 4.25. The van der Waals surface area contributed by atoms with E-state index in [2.05, 4.69) is 50.1 Å². The van der Waals surface area contributed by atoms with Gasteiger partial charge in [-0.15, -0.1) is 0 Å². The van der Waals surface area contributed by atoms with Crippen LogP contribution in [0.25, 0.3) is 0 Å². The van der Waals surface area contributed by atoms with Gasteiger partial charge < -0.3 is 0 Å². The second-order valence-corrected chi connectivity index (χ2v) is 3.70. The largest absolute Gasteiger partial charge is 0.288 e. The lowest BCUT2D eigenvalue weighted by atomic mass is 9.98. The van der Waals surface area contributed by atoms with Gasteiger partial charge >= 0.3 is 0 Å². The van der Waals surface area contributed by atoms with Crippen LogP contribution >= 0.6 is 0 Å². The van der Waals surface area contributed by atoms with Gasteiger partial charge in [0.2, 0.25) is 0 Å². The number of rotatable bonds is 1. The summed E-state index contributed by atoms with van der Waals surface area (Å²) in [6.07, 6.45) is 8.62. The fourth-order valence-corrected chi connectivity index (χ4v) is 1.35. The minimum absolute atomic E-state index is 0.572. The van der Waals surface area contributed by atoms with Crippen molar-refractivity contribution < 1.29 is 0 Å². The first-order chi connectivity index (χ1) is 6.13. The minimum Gasteiger partial charge on any atom is -0.288 e. The SMILES string of the molecule is CN=C1C=C(C)C=C/C1=C/C(C)C. The molecule has 0 bridgehead atoms. The third-order valence-electron chi connectivity index (χ3n) is 1.94. The summed E-state index contributed by atoms with van der Waals surface area (Å²) in [6.45, 7) is 6.45. The molecule has 1 aliphatic rings. The quantitative estimate of drug-likeness (QED) is 0.580. The maximum absolute atomic E-state index is 4.25. The Kier molecular flexibility index (Phi) is 3.24. The van der Waals surface area contributed by atoms with E-state index in [0.29, 0.717) is 5.92 Å². The zero-order valence-electron chi connectivity index (χ0n) is 8.83. The van der Waals surface area contributed by atoms with Gasteiger partial charge in [0.1, 0.15) is 0 Å². The van der Waals surface area contributed by atoms with E-state index >= 15 is 0 Å². The van der Waals surface area contributed by atoms with E-state index in [9.17, 15) is 0 Å². The van der Waals surface area contributed by atoms with Crippen molar-refractivity contribution in [2.75, 3.05) is 7.05 Å². The van der Waals surface area contributed by atoms with Crippen LogP contribution in [0.15, 0.2) is 40.4 Å². The highest BCUT2D eigenvalue weighted by Gasteiger charge is 2.05. The minimum atomic E-state index is 0.572. The predicted molar refractivity (Wildman–Crippen MR) is 59.2 cm³/mol. The summed E-state index contributed by atoms with van der Waals surface area (Å²) in [6, 6.07) is 0. The van der Waals surface area contributed by atoms with Crippen LogP contribution < -0.4 is 0 Å². The van der Waals surface area contributed by atoms with Gasteiger partial charge in [0.25, 0.3) is 0 Å². The maximum Gasteiger partial charge on any atom is 0.0642 e. The van der Waals surface area contributed by atoms with E-state index in [-0.39, 0.29) is 0 Å². The zero-order chi connectivity index (χ0) is 9.84. The molecule has 0 aliphatic heterocycles. The van der Waals surface area contributed by atoms with E-state index in [4.69, 9.17) is 0 Å². The molecule has 13 heavy (non-hydrogen) atoms. The van der Waals surface area contributed by atoms with Gasteiger partial charge in [0.15, 0.2) is 0 Å². The highest BCUT2D eigenvalue weighted by Crippen LogP contribution is 2.15. The van der Waals surface area contributed by atoms with Crippen LogP contribution in [-0.2, 0) is 0 Å². The maximum atomic E-state index is 4.25. The fourth-order valence-electron chi connectivity index (χ4n) is 1.35. The molecule has 0 aromatic carbocycles. The third-order valence-corrected chi connectivity index (χ3v) is 1.94. The summed E-state index contributed by atoms with van der Waals surface area (Å²) in [7, 11) is 1.84. The Morgan fingerprint density at radius 2 is 2.00 bits per heavy atom. The van der Waals surface area contributed by atoms with Gasteiger partial charge in [-0.05, 0) is 30.1 Å². The second-order valence-electron chi connectivity index (χ2n) is 3.70. The summed E-state index contributed by atoms with van der Waals surface area (Å²) in [5, 5.41) is 0.